The Morgan fingerprint density at radius 3 is 3.15 bits per heavy atom. The van der Waals surface area contributed by atoms with E-state index in [0.717, 1.165) is 18.2 Å². The summed E-state index contributed by atoms with van der Waals surface area (Å²) in [6.45, 7) is 5.07. The fourth-order valence-corrected chi connectivity index (χ4v) is 2.05. The van der Waals surface area contributed by atoms with Crippen molar-refractivity contribution in [3.05, 3.63) is 5.51 Å². The number of hydrogen-bond donors (Lipinski definition) is 1. The molecular formula is C8H13N3OS. The van der Waals surface area contributed by atoms with Crippen LogP contribution in [0.1, 0.15) is 20.3 Å². The second-order valence-electron chi connectivity index (χ2n) is 3.55. The fourth-order valence-electron chi connectivity index (χ4n) is 1.47. The summed E-state index contributed by atoms with van der Waals surface area (Å²) in [5, 5.41) is 12.0. The van der Waals surface area contributed by atoms with Gasteiger partial charge in [0.2, 0.25) is 5.13 Å². The van der Waals surface area contributed by atoms with Gasteiger partial charge in [0.1, 0.15) is 5.51 Å². The van der Waals surface area contributed by atoms with Crippen LogP contribution >= 0.6 is 11.3 Å². The molecule has 0 bridgehead atoms. The zero-order valence-corrected chi connectivity index (χ0v) is 8.60. The highest BCUT2D eigenvalue weighted by Gasteiger charge is 2.37. The molecule has 4 nitrogen and oxygen atoms in total. The molecule has 0 spiro atoms. The number of hydrogen-bond acceptors (Lipinski definition) is 5. The summed E-state index contributed by atoms with van der Waals surface area (Å²) in [6, 6.07) is 0. The van der Waals surface area contributed by atoms with Gasteiger partial charge in [-0.05, 0) is 20.3 Å². The van der Waals surface area contributed by atoms with Crippen molar-refractivity contribution in [2.75, 3.05) is 11.9 Å². The maximum atomic E-state index is 5.51. The molecule has 0 amide bonds. The molecule has 0 aromatic carbocycles. The minimum absolute atomic E-state index is 0.0134. The van der Waals surface area contributed by atoms with Crippen LogP contribution in [0.25, 0.3) is 0 Å². The number of anilines is 1. The predicted octanol–water partition coefficient (Wildman–Crippen LogP) is 1.52. The van der Waals surface area contributed by atoms with Gasteiger partial charge in [0, 0.05) is 6.61 Å². The SMILES string of the molecule is CC1OCCC1(C)Nc1nncs1. The molecule has 1 aliphatic heterocycles. The van der Waals surface area contributed by atoms with E-state index in [9.17, 15) is 0 Å². The van der Waals surface area contributed by atoms with Gasteiger partial charge in [-0.15, -0.1) is 10.2 Å². The molecule has 5 heteroatoms. The third-order valence-corrected chi connectivity index (χ3v) is 3.25. The quantitative estimate of drug-likeness (QED) is 0.784. The highest BCUT2D eigenvalue weighted by molar-refractivity contribution is 7.13. The summed E-state index contributed by atoms with van der Waals surface area (Å²) in [5.41, 5.74) is 1.74. The first kappa shape index (κ1) is 8.90. The van der Waals surface area contributed by atoms with E-state index in [2.05, 4.69) is 29.4 Å². The lowest BCUT2D eigenvalue weighted by Gasteiger charge is -2.28. The van der Waals surface area contributed by atoms with Crippen LogP contribution in [0.3, 0.4) is 0 Å². The van der Waals surface area contributed by atoms with Crippen LogP contribution in [0, 0.1) is 0 Å². The average molecular weight is 199 g/mol. The lowest BCUT2D eigenvalue weighted by atomic mass is 9.95. The van der Waals surface area contributed by atoms with Crippen molar-refractivity contribution in [3.8, 4) is 0 Å². The van der Waals surface area contributed by atoms with E-state index in [1.165, 1.54) is 11.3 Å². The van der Waals surface area contributed by atoms with Crippen molar-refractivity contribution >= 4 is 16.5 Å². The number of nitrogens with zero attached hydrogens (tertiary/aromatic N) is 2. The summed E-state index contributed by atoms with van der Waals surface area (Å²) in [4.78, 5) is 0. The summed E-state index contributed by atoms with van der Waals surface area (Å²) < 4.78 is 5.51. The molecule has 1 N–H and O–H groups in total. The van der Waals surface area contributed by atoms with Crippen LogP contribution in [0.2, 0.25) is 0 Å². The number of nitrogens with one attached hydrogen (secondary N) is 1. The molecular weight excluding hydrogens is 186 g/mol. The summed E-state index contributed by atoms with van der Waals surface area (Å²) >= 11 is 1.52. The van der Waals surface area contributed by atoms with Crippen molar-refractivity contribution in [1.82, 2.24) is 10.2 Å². The van der Waals surface area contributed by atoms with Crippen molar-refractivity contribution in [1.29, 1.82) is 0 Å². The van der Waals surface area contributed by atoms with Gasteiger partial charge in [-0.1, -0.05) is 11.3 Å². The highest BCUT2D eigenvalue weighted by atomic mass is 32.1. The first-order valence-corrected chi connectivity index (χ1v) is 5.25. The van der Waals surface area contributed by atoms with Gasteiger partial charge in [0.05, 0.1) is 11.6 Å². The molecule has 0 radical (unpaired) electrons. The van der Waals surface area contributed by atoms with Gasteiger partial charge in [0.15, 0.2) is 0 Å². The largest absolute Gasteiger partial charge is 0.376 e. The van der Waals surface area contributed by atoms with Crippen LogP contribution in [0.4, 0.5) is 5.13 Å². The smallest absolute Gasteiger partial charge is 0.205 e. The summed E-state index contributed by atoms with van der Waals surface area (Å²) in [6.07, 6.45) is 1.25. The molecule has 2 atom stereocenters. The molecule has 2 unspecified atom stereocenters. The van der Waals surface area contributed by atoms with Gasteiger partial charge in [-0.25, -0.2) is 0 Å². The predicted molar refractivity (Wildman–Crippen MR) is 52.0 cm³/mol. The van der Waals surface area contributed by atoms with Crippen molar-refractivity contribution in [2.45, 2.75) is 31.9 Å². The van der Waals surface area contributed by atoms with Gasteiger partial charge < -0.3 is 10.1 Å². The van der Waals surface area contributed by atoms with E-state index in [-0.39, 0.29) is 11.6 Å². The van der Waals surface area contributed by atoms with Crippen LogP contribution < -0.4 is 5.32 Å². The molecule has 1 aromatic heterocycles. The Labute approximate surface area is 81.3 Å². The Bertz CT molecular complexity index is 277. The number of ether oxygens (including phenoxy) is 1. The van der Waals surface area contributed by atoms with Crippen LogP contribution in [-0.4, -0.2) is 28.4 Å². The highest BCUT2D eigenvalue weighted by Crippen LogP contribution is 2.29. The normalized spacial score (nSPS) is 33.5. The Morgan fingerprint density at radius 2 is 2.62 bits per heavy atom. The van der Waals surface area contributed by atoms with E-state index in [4.69, 9.17) is 4.74 Å². The molecule has 1 saturated heterocycles. The number of aromatic nitrogens is 2. The molecule has 0 saturated carbocycles. The maximum Gasteiger partial charge on any atom is 0.205 e. The monoisotopic (exact) mass is 199 g/mol. The Kier molecular flexibility index (Phi) is 2.21. The van der Waals surface area contributed by atoms with Crippen LogP contribution in [-0.2, 0) is 4.74 Å². The Hall–Kier alpha value is -0.680. The first-order valence-electron chi connectivity index (χ1n) is 4.37. The van der Waals surface area contributed by atoms with Crippen LogP contribution in [0.15, 0.2) is 5.51 Å². The van der Waals surface area contributed by atoms with E-state index < -0.39 is 0 Å². The van der Waals surface area contributed by atoms with E-state index in [0.29, 0.717) is 0 Å². The zero-order valence-electron chi connectivity index (χ0n) is 7.78. The minimum atomic E-state index is 0.0134. The maximum absolute atomic E-state index is 5.51. The molecule has 1 aliphatic rings. The molecule has 13 heavy (non-hydrogen) atoms. The van der Waals surface area contributed by atoms with Gasteiger partial charge in [-0.2, -0.15) is 0 Å². The summed E-state index contributed by atoms with van der Waals surface area (Å²) in [5.74, 6) is 0. The molecule has 2 rings (SSSR count). The third kappa shape index (κ3) is 1.66. The van der Waals surface area contributed by atoms with Crippen molar-refractivity contribution < 1.29 is 4.74 Å². The topological polar surface area (TPSA) is 47.0 Å². The molecule has 0 aliphatic carbocycles. The fraction of sp³-hybridized carbons (Fsp3) is 0.750. The molecule has 72 valence electrons. The van der Waals surface area contributed by atoms with Crippen molar-refractivity contribution in [2.24, 2.45) is 0 Å². The van der Waals surface area contributed by atoms with E-state index >= 15 is 0 Å². The van der Waals surface area contributed by atoms with E-state index in [1.807, 2.05) is 0 Å². The Balaban J connectivity index is 2.08. The lowest BCUT2D eigenvalue weighted by Crippen LogP contribution is -2.41. The van der Waals surface area contributed by atoms with Gasteiger partial charge in [-0.3, -0.25) is 0 Å². The minimum Gasteiger partial charge on any atom is -0.376 e. The van der Waals surface area contributed by atoms with Crippen molar-refractivity contribution in [3.63, 3.8) is 0 Å². The average Bonchev–Trinajstić information content (AvgIpc) is 2.65. The van der Waals surface area contributed by atoms with Crippen LogP contribution in [0.5, 0.6) is 0 Å². The second kappa shape index (κ2) is 3.23. The van der Waals surface area contributed by atoms with Gasteiger partial charge in [0.25, 0.3) is 0 Å². The summed E-state index contributed by atoms with van der Waals surface area (Å²) in [7, 11) is 0. The first-order chi connectivity index (χ1) is 6.21. The van der Waals surface area contributed by atoms with E-state index in [1.54, 1.807) is 5.51 Å². The van der Waals surface area contributed by atoms with Gasteiger partial charge >= 0.3 is 0 Å². The molecule has 1 aromatic rings. The number of rotatable bonds is 2. The second-order valence-corrected chi connectivity index (χ2v) is 4.38. The zero-order chi connectivity index (χ0) is 9.31. The Morgan fingerprint density at radius 1 is 1.77 bits per heavy atom. The molecule has 1 fully saturated rings. The molecule has 2 heterocycles. The standard InChI is InChI=1S/C8H13N3OS/c1-6-8(2,3-4-12-6)10-7-11-9-5-13-7/h5-6H,3-4H2,1-2H3,(H,10,11). The third-order valence-electron chi connectivity index (χ3n) is 2.64. The lowest BCUT2D eigenvalue weighted by molar-refractivity contribution is 0.105.